The number of carbonyl (C=O) groups excluding carboxylic acids is 1. The van der Waals surface area contributed by atoms with Gasteiger partial charge in [-0.3, -0.25) is 19.7 Å². The molecule has 0 bridgehead atoms. The summed E-state index contributed by atoms with van der Waals surface area (Å²) in [5.74, 6) is 0.900. The van der Waals surface area contributed by atoms with Gasteiger partial charge in [0.05, 0.1) is 21.3 Å². The summed E-state index contributed by atoms with van der Waals surface area (Å²) in [6.07, 6.45) is 0. The van der Waals surface area contributed by atoms with Crippen LogP contribution in [0, 0.1) is 10.1 Å². The summed E-state index contributed by atoms with van der Waals surface area (Å²) in [5, 5.41) is 15.3. The Morgan fingerprint density at radius 2 is 1.53 bits per heavy atom. The van der Waals surface area contributed by atoms with Gasteiger partial charge in [0.1, 0.15) is 18.0 Å². The monoisotopic (exact) mass is 499 g/mol. The molecule has 0 spiro atoms. The molecule has 0 saturated heterocycles. The van der Waals surface area contributed by atoms with Crippen LogP contribution in [0.2, 0.25) is 5.02 Å². The van der Waals surface area contributed by atoms with Crippen LogP contribution in [-0.2, 0) is 11.3 Å². The van der Waals surface area contributed by atoms with Crippen LogP contribution in [0.25, 0.3) is 21.8 Å². The highest BCUT2D eigenvalue weighted by Crippen LogP contribution is 2.26. The second kappa shape index (κ2) is 9.52. The normalized spacial score (nSPS) is 10.9. The van der Waals surface area contributed by atoms with Gasteiger partial charge in [-0.2, -0.15) is 0 Å². The molecule has 178 valence electrons. The number of aromatic nitrogens is 1. The van der Waals surface area contributed by atoms with E-state index in [2.05, 4.69) is 5.32 Å². The van der Waals surface area contributed by atoms with E-state index in [0.717, 1.165) is 0 Å². The number of carbonyl (C=O) groups is 1. The minimum atomic E-state index is -0.550. The average Bonchev–Trinajstić information content (AvgIpc) is 2.88. The highest BCUT2D eigenvalue weighted by molar-refractivity contribution is 6.30. The number of anilines is 1. The summed E-state index contributed by atoms with van der Waals surface area (Å²) < 4.78 is 7.45. The third kappa shape index (κ3) is 4.62. The lowest BCUT2D eigenvalue weighted by molar-refractivity contribution is -0.384. The zero-order chi connectivity index (χ0) is 25.2. The molecule has 1 N–H and O–H groups in total. The molecule has 36 heavy (non-hydrogen) atoms. The molecule has 0 unspecified atom stereocenters. The fourth-order valence-electron chi connectivity index (χ4n) is 3.99. The molecular formula is C27H18ClN3O5. The molecule has 0 aliphatic carbocycles. The number of pyridine rings is 1. The first-order chi connectivity index (χ1) is 17.4. The number of rotatable bonds is 6. The third-order valence-electron chi connectivity index (χ3n) is 5.65. The Morgan fingerprint density at radius 3 is 2.22 bits per heavy atom. The number of nitro benzene ring substituents is 1. The largest absolute Gasteiger partial charge is 0.457 e. The Balaban J connectivity index is 1.41. The first-order valence-electron chi connectivity index (χ1n) is 10.9. The van der Waals surface area contributed by atoms with E-state index in [1.165, 1.54) is 18.2 Å². The summed E-state index contributed by atoms with van der Waals surface area (Å²) in [6.45, 7) is -0.0991. The predicted molar refractivity (Wildman–Crippen MR) is 139 cm³/mol. The number of nitro groups is 1. The Kier molecular flexibility index (Phi) is 6.10. The van der Waals surface area contributed by atoms with Gasteiger partial charge in [-0.15, -0.1) is 0 Å². The van der Waals surface area contributed by atoms with Gasteiger partial charge in [0.2, 0.25) is 5.91 Å². The molecule has 0 radical (unpaired) electrons. The molecular weight excluding hydrogens is 482 g/mol. The van der Waals surface area contributed by atoms with E-state index >= 15 is 0 Å². The van der Waals surface area contributed by atoms with E-state index in [1.807, 2.05) is 0 Å². The molecule has 0 aliphatic rings. The van der Waals surface area contributed by atoms with E-state index < -0.39 is 4.92 Å². The smallest absolute Gasteiger partial charge is 0.270 e. The van der Waals surface area contributed by atoms with Gasteiger partial charge in [-0.1, -0.05) is 23.7 Å². The van der Waals surface area contributed by atoms with E-state index in [9.17, 15) is 19.7 Å². The van der Waals surface area contributed by atoms with Crippen LogP contribution in [0.3, 0.4) is 0 Å². The fraction of sp³-hybridized carbons (Fsp3) is 0.0370. The van der Waals surface area contributed by atoms with Gasteiger partial charge in [0.15, 0.2) is 5.43 Å². The number of amides is 1. The topological polar surface area (TPSA) is 103 Å². The number of nitrogens with zero attached hydrogens (tertiary/aromatic N) is 2. The second-order valence-corrected chi connectivity index (χ2v) is 8.46. The number of hydrogen-bond donors (Lipinski definition) is 1. The highest BCUT2D eigenvalue weighted by atomic mass is 35.5. The number of para-hydroxylation sites is 1. The van der Waals surface area contributed by atoms with Crippen LogP contribution >= 0.6 is 11.6 Å². The van der Waals surface area contributed by atoms with Crippen molar-refractivity contribution in [3.63, 3.8) is 0 Å². The first-order valence-corrected chi connectivity index (χ1v) is 11.3. The summed E-state index contributed by atoms with van der Waals surface area (Å²) in [6, 6.07) is 24.8. The lowest BCUT2D eigenvalue weighted by Gasteiger charge is -2.15. The SMILES string of the molecule is O=C(Cn1c2ccccc2c(=O)c2cc([N+](=O)[O-])ccc21)Nc1ccc(Oc2ccc(Cl)cc2)cc1. The predicted octanol–water partition coefficient (Wildman–Crippen LogP) is 6.15. The van der Waals surface area contributed by atoms with Gasteiger partial charge in [-0.25, -0.2) is 0 Å². The highest BCUT2D eigenvalue weighted by Gasteiger charge is 2.16. The number of hydrogen-bond acceptors (Lipinski definition) is 5. The zero-order valence-electron chi connectivity index (χ0n) is 18.7. The minimum absolute atomic E-state index is 0.0991. The summed E-state index contributed by atoms with van der Waals surface area (Å²) in [4.78, 5) is 36.7. The van der Waals surface area contributed by atoms with E-state index in [4.69, 9.17) is 16.3 Å². The van der Waals surface area contributed by atoms with Crippen LogP contribution in [0.1, 0.15) is 0 Å². The molecule has 9 heteroatoms. The number of fused-ring (bicyclic) bond motifs is 2. The molecule has 0 aliphatic heterocycles. The lowest BCUT2D eigenvalue weighted by atomic mass is 10.1. The van der Waals surface area contributed by atoms with Crippen molar-refractivity contribution in [2.45, 2.75) is 6.54 Å². The molecule has 5 aromatic rings. The molecule has 0 fully saturated rings. The standard InChI is InChI=1S/C27H18ClN3O5/c28-17-5-10-20(11-6-17)36-21-12-7-18(8-13-21)29-26(32)16-30-24-4-2-1-3-22(24)27(33)23-15-19(31(34)35)9-14-25(23)30/h1-15H,16H2,(H,29,32). The summed E-state index contributed by atoms with van der Waals surface area (Å²) >= 11 is 5.89. The Bertz CT molecular complexity index is 1680. The van der Waals surface area contributed by atoms with E-state index in [0.29, 0.717) is 38.6 Å². The number of benzene rings is 4. The molecule has 8 nitrogen and oxygen atoms in total. The van der Waals surface area contributed by atoms with Gasteiger partial charge in [-0.05, 0) is 66.7 Å². The quantitative estimate of drug-likeness (QED) is 0.171. The van der Waals surface area contributed by atoms with Gasteiger partial charge >= 0.3 is 0 Å². The molecule has 1 heterocycles. The number of halogens is 1. The van der Waals surface area contributed by atoms with Crippen molar-refractivity contribution < 1.29 is 14.5 Å². The summed E-state index contributed by atoms with van der Waals surface area (Å²) in [7, 11) is 0. The Morgan fingerprint density at radius 1 is 0.889 bits per heavy atom. The maximum atomic E-state index is 13.0. The van der Waals surface area contributed by atoms with Crippen molar-refractivity contribution in [1.29, 1.82) is 0 Å². The average molecular weight is 500 g/mol. The molecule has 1 amide bonds. The molecule has 0 saturated carbocycles. The second-order valence-electron chi connectivity index (χ2n) is 8.02. The van der Waals surface area contributed by atoms with Crippen molar-refractivity contribution in [2.24, 2.45) is 0 Å². The minimum Gasteiger partial charge on any atom is -0.457 e. The Hall–Kier alpha value is -4.69. The van der Waals surface area contributed by atoms with Crippen molar-refractivity contribution in [3.05, 3.63) is 116 Å². The fourth-order valence-corrected chi connectivity index (χ4v) is 4.12. The molecule has 1 aromatic heterocycles. The van der Waals surface area contributed by atoms with E-state index in [1.54, 1.807) is 77.4 Å². The lowest BCUT2D eigenvalue weighted by Crippen LogP contribution is -2.21. The van der Waals surface area contributed by atoms with Crippen molar-refractivity contribution in [1.82, 2.24) is 4.57 Å². The maximum Gasteiger partial charge on any atom is 0.270 e. The van der Waals surface area contributed by atoms with Crippen molar-refractivity contribution >= 4 is 50.7 Å². The zero-order valence-corrected chi connectivity index (χ0v) is 19.4. The van der Waals surface area contributed by atoms with Crippen LogP contribution in [0.4, 0.5) is 11.4 Å². The van der Waals surface area contributed by atoms with Gasteiger partial charge < -0.3 is 14.6 Å². The number of nitrogens with one attached hydrogen (secondary N) is 1. The Labute approximate surface area is 209 Å². The van der Waals surface area contributed by atoms with Crippen LogP contribution in [0.5, 0.6) is 11.5 Å². The van der Waals surface area contributed by atoms with Crippen molar-refractivity contribution in [3.8, 4) is 11.5 Å². The third-order valence-corrected chi connectivity index (χ3v) is 5.91. The molecule has 5 rings (SSSR count). The summed E-state index contributed by atoms with van der Waals surface area (Å²) in [5.41, 5.74) is 1.05. The first kappa shape index (κ1) is 23.1. The number of ether oxygens (including phenoxy) is 1. The maximum absolute atomic E-state index is 13.0. The van der Waals surface area contributed by atoms with Crippen LogP contribution in [-0.4, -0.2) is 15.4 Å². The number of non-ortho nitro benzene ring substituents is 1. The molecule has 0 atom stereocenters. The molecule has 4 aromatic carbocycles. The van der Waals surface area contributed by atoms with Crippen LogP contribution in [0.15, 0.2) is 95.8 Å². The van der Waals surface area contributed by atoms with E-state index in [-0.39, 0.29) is 29.0 Å². The van der Waals surface area contributed by atoms with Crippen molar-refractivity contribution in [2.75, 3.05) is 5.32 Å². The van der Waals surface area contributed by atoms with Gasteiger partial charge in [0, 0.05) is 28.2 Å². The van der Waals surface area contributed by atoms with Crippen LogP contribution < -0.4 is 15.5 Å². The van der Waals surface area contributed by atoms with Gasteiger partial charge in [0.25, 0.3) is 5.69 Å².